The highest BCUT2D eigenvalue weighted by atomic mass is 32.2. The molecule has 0 atom stereocenters. The third kappa shape index (κ3) is 4.84. The Morgan fingerprint density at radius 3 is 2.45 bits per heavy atom. The van der Waals surface area contributed by atoms with Crippen LogP contribution in [0.2, 0.25) is 0 Å². The summed E-state index contributed by atoms with van der Waals surface area (Å²) in [5, 5.41) is 0.515. The summed E-state index contributed by atoms with van der Waals surface area (Å²) in [5.74, 6) is 1.01. The Kier molecular flexibility index (Phi) is 6.73. The molecule has 2 aliphatic heterocycles. The number of fused-ring (bicyclic) bond motifs is 2. The third-order valence-electron chi connectivity index (χ3n) is 6.63. The molecule has 0 spiro atoms. The predicted octanol–water partition coefficient (Wildman–Crippen LogP) is 4.48. The van der Waals surface area contributed by atoms with Gasteiger partial charge in [0, 0.05) is 43.2 Å². The number of anilines is 1. The monoisotopic (exact) mass is 550 g/mol. The summed E-state index contributed by atoms with van der Waals surface area (Å²) < 4.78 is 39.9. The summed E-state index contributed by atoms with van der Waals surface area (Å²) in [6, 6.07) is 13.6. The summed E-state index contributed by atoms with van der Waals surface area (Å²) in [4.78, 5) is 24.5. The van der Waals surface area contributed by atoms with Crippen molar-refractivity contribution in [3.8, 4) is 11.5 Å². The number of benzene rings is 2. The molecule has 6 rings (SSSR count). The number of carbonyl (C=O) groups excluding carboxylic acids is 1. The number of rotatable bonds is 6. The fourth-order valence-electron chi connectivity index (χ4n) is 4.65. The SMILES string of the molecule is O=C(c1ccc(S(=O)(=O)N2CCCCC2)cc1)N(Cc1cccnc1)c1nc2cc3c(cc2s1)OCCO3. The van der Waals surface area contributed by atoms with Gasteiger partial charge in [-0.05, 0) is 48.7 Å². The maximum Gasteiger partial charge on any atom is 0.260 e. The Morgan fingerprint density at radius 2 is 1.74 bits per heavy atom. The van der Waals surface area contributed by atoms with Crippen LogP contribution in [0.1, 0.15) is 35.2 Å². The summed E-state index contributed by atoms with van der Waals surface area (Å²) >= 11 is 1.38. The molecule has 0 saturated carbocycles. The van der Waals surface area contributed by atoms with E-state index in [0.29, 0.717) is 54.0 Å². The molecule has 9 nitrogen and oxygen atoms in total. The summed E-state index contributed by atoms with van der Waals surface area (Å²) in [6.07, 6.45) is 6.16. The van der Waals surface area contributed by atoms with Gasteiger partial charge in [0.2, 0.25) is 10.0 Å². The van der Waals surface area contributed by atoms with Crippen molar-refractivity contribution in [3.05, 3.63) is 72.1 Å². The molecule has 1 fully saturated rings. The number of pyridine rings is 1. The van der Waals surface area contributed by atoms with E-state index in [0.717, 1.165) is 29.5 Å². The van der Waals surface area contributed by atoms with Crippen LogP contribution in [-0.2, 0) is 16.6 Å². The number of hydrogen-bond acceptors (Lipinski definition) is 8. The van der Waals surface area contributed by atoms with Crippen LogP contribution in [0.5, 0.6) is 11.5 Å². The molecular formula is C27H26N4O5S2. The second-order valence-corrected chi connectivity index (χ2v) is 12.1. The molecule has 1 saturated heterocycles. The molecule has 0 radical (unpaired) electrons. The molecule has 0 aliphatic carbocycles. The number of amides is 1. The average molecular weight is 551 g/mol. The van der Waals surface area contributed by atoms with Gasteiger partial charge in [-0.15, -0.1) is 0 Å². The lowest BCUT2D eigenvalue weighted by Crippen LogP contribution is -2.35. The molecule has 0 bridgehead atoms. The molecule has 11 heteroatoms. The molecule has 1 amide bonds. The van der Waals surface area contributed by atoms with E-state index in [1.165, 1.54) is 27.8 Å². The number of carbonyl (C=O) groups is 1. The van der Waals surface area contributed by atoms with Gasteiger partial charge in [0.1, 0.15) is 13.2 Å². The minimum absolute atomic E-state index is 0.195. The zero-order valence-electron chi connectivity index (χ0n) is 20.6. The zero-order chi connectivity index (χ0) is 26.1. The number of aromatic nitrogens is 2. The first-order chi connectivity index (χ1) is 18.5. The van der Waals surface area contributed by atoms with Crippen molar-refractivity contribution >= 4 is 42.6 Å². The second-order valence-electron chi connectivity index (χ2n) is 9.20. The highest BCUT2D eigenvalue weighted by Gasteiger charge is 2.27. The van der Waals surface area contributed by atoms with Crippen LogP contribution < -0.4 is 14.4 Å². The first-order valence-electron chi connectivity index (χ1n) is 12.5. The molecule has 2 aromatic heterocycles. The molecule has 4 aromatic rings. The highest BCUT2D eigenvalue weighted by Crippen LogP contribution is 2.39. The Balaban J connectivity index is 1.33. The van der Waals surface area contributed by atoms with Crippen LogP contribution >= 0.6 is 11.3 Å². The highest BCUT2D eigenvalue weighted by molar-refractivity contribution is 7.89. The van der Waals surface area contributed by atoms with Crippen molar-refractivity contribution in [1.82, 2.24) is 14.3 Å². The largest absolute Gasteiger partial charge is 0.486 e. The molecule has 2 aliphatic rings. The van der Waals surface area contributed by atoms with Crippen molar-refractivity contribution in [2.24, 2.45) is 0 Å². The van der Waals surface area contributed by atoms with E-state index in [2.05, 4.69) is 4.98 Å². The predicted molar refractivity (Wildman–Crippen MR) is 144 cm³/mol. The Labute approximate surface area is 224 Å². The lowest BCUT2D eigenvalue weighted by molar-refractivity contribution is 0.0985. The number of ether oxygens (including phenoxy) is 2. The van der Waals surface area contributed by atoms with Crippen LogP contribution in [0, 0.1) is 0 Å². The summed E-state index contributed by atoms with van der Waals surface area (Å²) in [6.45, 7) is 2.27. The maximum absolute atomic E-state index is 13.8. The van der Waals surface area contributed by atoms with Gasteiger partial charge in [0.25, 0.3) is 5.91 Å². The zero-order valence-corrected chi connectivity index (χ0v) is 22.2. The Hall–Kier alpha value is -3.54. The second kappa shape index (κ2) is 10.3. The number of thiazole rings is 1. The number of sulfonamides is 1. The van der Waals surface area contributed by atoms with Gasteiger partial charge < -0.3 is 9.47 Å². The smallest absolute Gasteiger partial charge is 0.260 e. The third-order valence-corrected chi connectivity index (χ3v) is 9.59. The normalized spacial score (nSPS) is 15.9. The molecule has 0 unspecified atom stereocenters. The molecule has 4 heterocycles. The molecule has 196 valence electrons. The lowest BCUT2D eigenvalue weighted by atomic mass is 10.2. The summed E-state index contributed by atoms with van der Waals surface area (Å²) in [7, 11) is -3.58. The maximum atomic E-state index is 13.8. The molecular weight excluding hydrogens is 524 g/mol. The van der Waals surface area contributed by atoms with Crippen LogP contribution in [-0.4, -0.2) is 54.9 Å². The van der Waals surface area contributed by atoms with E-state index in [1.54, 1.807) is 29.4 Å². The standard InChI is InChI=1S/C27H26N4O5S2/c32-26(20-6-8-21(9-7-20)38(33,34)30-11-2-1-3-12-30)31(18-19-5-4-10-28-17-19)27-29-22-15-23-24(16-25(22)37-27)36-14-13-35-23/h4-10,15-17H,1-3,11-14,18H2. The van der Waals surface area contributed by atoms with E-state index in [1.807, 2.05) is 24.3 Å². The van der Waals surface area contributed by atoms with Crippen molar-refractivity contribution < 1.29 is 22.7 Å². The first-order valence-corrected chi connectivity index (χ1v) is 14.8. The van der Waals surface area contributed by atoms with E-state index >= 15 is 0 Å². The Morgan fingerprint density at radius 1 is 1.00 bits per heavy atom. The van der Waals surface area contributed by atoms with Crippen LogP contribution in [0.4, 0.5) is 5.13 Å². The van der Waals surface area contributed by atoms with E-state index in [-0.39, 0.29) is 17.3 Å². The lowest BCUT2D eigenvalue weighted by Gasteiger charge is -2.26. The quantitative estimate of drug-likeness (QED) is 0.349. The van der Waals surface area contributed by atoms with Crippen molar-refractivity contribution in [3.63, 3.8) is 0 Å². The van der Waals surface area contributed by atoms with E-state index < -0.39 is 10.0 Å². The van der Waals surface area contributed by atoms with Gasteiger partial charge in [-0.1, -0.05) is 23.8 Å². The number of piperidine rings is 1. The van der Waals surface area contributed by atoms with Crippen molar-refractivity contribution in [1.29, 1.82) is 0 Å². The minimum atomic E-state index is -3.58. The van der Waals surface area contributed by atoms with Crippen LogP contribution in [0.25, 0.3) is 10.2 Å². The van der Waals surface area contributed by atoms with E-state index in [9.17, 15) is 13.2 Å². The summed E-state index contributed by atoms with van der Waals surface area (Å²) in [5.41, 5.74) is 1.92. The molecule has 38 heavy (non-hydrogen) atoms. The van der Waals surface area contributed by atoms with Crippen molar-refractivity contribution in [2.45, 2.75) is 30.7 Å². The average Bonchev–Trinajstić information content (AvgIpc) is 3.38. The fourth-order valence-corrected chi connectivity index (χ4v) is 7.14. The first kappa shape index (κ1) is 24.8. The van der Waals surface area contributed by atoms with Gasteiger partial charge in [-0.3, -0.25) is 14.7 Å². The van der Waals surface area contributed by atoms with Gasteiger partial charge >= 0.3 is 0 Å². The fraction of sp³-hybridized carbons (Fsp3) is 0.296. The molecule has 0 N–H and O–H groups in total. The topological polar surface area (TPSA) is 102 Å². The van der Waals surface area contributed by atoms with Gasteiger partial charge in [0.05, 0.1) is 21.7 Å². The number of nitrogens with zero attached hydrogens (tertiary/aromatic N) is 4. The van der Waals surface area contributed by atoms with Crippen LogP contribution in [0.3, 0.4) is 0 Å². The van der Waals surface area contributed by atoms with Gasteiger partial charge in [-0.2, -0.15) is 4.31 Å². The van der Waals surface area contributed by atoms with Crippen LogP contribution in [0.15, 0.2) is 65.8 Å². The van der Waals surface area contributed by atoms with E-state index in [4.69, 9.17) is 14.5 Å². The van der Waals surface area contributed by atoms with Gasteiger partial charge in [0.15, 0.2) is 16.6 Å². The Bertz CT molecular complexity index is 1520. The molecule has 2 aromatic carbocycles. The minimum Gasteiger partial charge on any atom is -0.486 e. The van der Waals surface area contributed by atoms with Gasteiger partial charge in [-0.25, -0.2) is 13.4 Å². The van der Waals surface area contributed by atoms with Crippen molar-refractivity contribution in [2.75, 3.05) is 31.2 Å². The number of hydrogen-bond donors (Lipinski definition) is 0.